The number of carbonyl (C=O) groups excluding carboxylic acids is 2. The van der Waals surface area contributed by atoms with E-state index in [0.29, 0.717) is 39.6 Å². The number of nitrogens with one attached hydrogen (secondary N) is 2. The first-order valence-electron chi connectivity index (χ1n) is 10.9. The monoisotopic (exact) mass is 537 g/mol. The fourth-order valence-corrected chi connectivity index (χ4v) is 2.88. The van der Waals surface area contributed by atoms with Gasteiger partial charge in [-0.3, -0.25) is 9.59 Å². The van der Waals surface area contributed by atoms with Crippen LogP contribution in [0.25, 0.3) is 10.9 Å². The van der Waals surface area contributed by atoms with E-state index in [1.807, 2.05) is 0 Å². The molecule has 0 bridgehead atoms. The number of alkyl halides is 3. The molecule has 0 aliphatic rings. The molecule has 0 aliphatic carbocycles. The maximum atomic E-state index is 12.4. The molecular formula is C26H18F3N5O5. The number of aliphatic carboxylic acids is 1. The second kappa shape index (κ2) is 12.6. The molecule has 4 rings (SSSR count). The first-order chi connectivity index (χ1) is 18.6. The Bertz CT molecular complexity index is 1550. The van der Waals surface area contributed by atoms with Crippen molar-refractivity contribution in [2.45, 2.75) is 13.1 Å². The minimum Gasteiger partial charge on any atom is -0.475 e. The molecule has 39 heavy (non-hydrogen) atoms. The third-order valence-electron chi connectivity index (χ3n) is 4.58. The molecular weight excluding hydrogens is 519 g/mol. The Balaban J connectivity index is 0.000000532. The first kappa shape index (κ1) is 28.1. The van der Waals surface area contributed by atoms with E-state index in [0.717, 1.165) is 0 Å². The number of carboxylic acids is 1. The van der Waals surface area contributed by atoms with Crippen LogP contribution in [0.3, 0.4) is 0 Å². The van der Waals surface area contributed by atoms with Gasteiger partial charge in [-0.05, 0) is 67.4 Å². The molecule has 3 N–H and O–H groups in total. The number of anilines is 2. The van der Waals surface area contributed by atoms with Crippen molar-refractivity contribution in [2.75, 3.05) is 10.6 Å². The van der Waals surface area contributed by atoms with Crippen molar-refractivity contribution in [2.24, 2.45) is 0 Å². The van der Waals surface area contributed by atoms with Crippen molar-refractivity contribution >= 4 is 40.2 Å². The first-order valence-corrected chi connectivity index (χ1v) is 10.9. The van der Waals surface area contributed by atoms with Gasteiger partial charge in [-0.2, -0.15) is 13.2 Å². The summed E-state index contributed by atoms with van der Waals surface area (Å²) in [6, 6.07) is 17.1. The summed E-state index contributed by atoms with van der Waals surface area (Å²) >= 11 is 0. The topological polar surface area (TPSA) is 143 Å². The average molecular weight is 537 g/mol. The molecule has 0 saturated heterocycles. The zero-order valence-corrected chi connectivity index (χ0v) is 20.0. The number of fused-ring (bicyclic) bond motifs is 1. The van der Waals surface area contributed by atoms with Gasteiger partial charge >= 0.3 is 12.1 Å². The van der Waals surface area contributed by atoms with E-state index in [4.69, 9.17) is 14.6 Å². The number of ether oxygens (including phenoxy) is 1. The second-order valence-corrected chi connectivity index (χ2v) is 7.34. The molecule has 2 aromatic carbocycles. The van der Waals surface area contributed by atoms with Crippen LogP contribution in [0.1, 0.15) is 17.3 Å². The largest absolute Gasteiger partial charge is 0.490 e. The van der Waals surface area contributed by atoms with E-state index >= 15 is 0 Å². The van der Waals surface area contributed by atoms with Crippen molar-refractivity contribution in [3.63, 3.8) is 0 Å². The summed E-state index contributed by atoms with van der Waals surface area (Å²) in [6.07, 6.45) is -2.08. The molecule has 0 saturated carbocycles. The fourth-order valence-electron chi connectivity index (χ4n) is 2.88. The lowest BCUT2D eigenvalue weighted by molar-refractivity contribution is -0.192. The van der Waals surface area contributed by atoms with Crippen LogP contribution in [0.5, 0.6) is 11.6 Å². The molecule has 2 aromatic heterocycles. The number of rotatable bonds is 5. The van der Waals surface area contributed by atoms with E-state index < -0.39 is 18.1 Å². The SMILES string of the molecule is CC#CC(=O)Nc1ccc2ncnc(Oc3ccc(C(=O)Nc4ccccn4)cc3)c2c1.O=C(O)C(F)(F)F. The number of pyridine rings is 1. The molecule has 4 aromatic rings. The standard InChI is InChI=1S/C24H17N5O3.C2HF3O2/c1-2-5-22(30)28-17-9-12-20-19(14-17)24(27-15-26-20)32-18-10-7-16(8-11-18)23(31)29-21-6-3-4-13-25-21;3-2(4,5)1(6)7/h3-4,6-15H,1H3,(H,28,30)(H,25,29,31);(H,6,7). The van der Waals surface area contributed by atoms with Gasteiger partial charge in [0.1, 0.15) is 17.9 Å². The average Bonchev–Trinajstić information content (AvgIpc) is 2.90. The Morgan fingerprint density at radius 1 is 0.949 bits per heavy atom. The number of carbonyl (C=O) groups is 3. The van der Waals surface area contributed by atoms with E-state index in [2.05, 4.69) is 37.4 Å². The minimum atomic E-state index is -5.08. The van der Waals surface area contributed by atoms with Crippen molar-refractivity contribution in [1.29, 1.82) is 0 Å². The number of nitrogens with zero attached hydrogens (tertiary/aromatic N) is 3. The number of carboxylic acid groups (broad SMARTS) is 1. The summed E-state index contributed by atoms with van der Waals surface area (Å²) in [4.78, 5) is 45.5. The smallest absolute Gasteiger partial charge is 0.475 e. The molecule has 0 aliphatic heterocycles. The van der Waals surface area contributed by atoms with Crippen LogP contribution < -0.4 is 15.4 Å². The van der Waals surface area contributed by atoms with Crippen LogP contribution in [0.15, 0.2) is 73.2 Å². The summed E-state index contributed by atoms with van der Waals surface area (Å²) in [7, 11) is 0. The van der Waals surface area contributed by atoms with Gasteiger partial charge in [0, 0.05) is 17.4 Å². The summed E-state index contributed by atoms with van der Waals surface area (Å²) in [5, 5.41) is 13.2. The molecule has 13 heteroatoms. The van der Waals surface area contributed by atoms with Gasteiger partial charge in [0.05, 0.1) is 10.9 Å². The van der Waals surface area contributed by atoms with Crippen LogP contribution >= 0.6 is 0 Å². The van der Waals surface area contributed by atoms with Gasteiger partial charge in [0.2, 0.25) is 5.88 Å². The molecule has 0 fully saturated rings. The summed E-state index contributed by atoms with van der Waals surface area (Å²) in [5.41, 5.74) is 1.66. The van der Waals surface area contributed by atoms with Crippen LogP contribution in [0.4, 0.5) is 24.7 Å². The lowest BCUT2D eigenvalue weighted by atomic mass is 10.2. The normalized spacial score (nSPS) is 10.3. The molecule has 0 atom stereocenters. The molecule has 0 unspecified atom stereocenters. The van der Waals surface area contributed by atoms with Crippen molar-refractivity contribution in [1.82, 2.24) is 15.0 Å². The van der Waals surface area contributed by atoms with E-state index in [1.165, 1.54) is 6.33 Å². The minimum absolute atomic E-state index is 0.279. The van der Waals surface area contributed by atoms with Gasteiger partial charge in [-0.1, -0.05) is 12.0 Å². The Hall–Kier alpha value is -5.51. The Labute approximate surface area is 218 Å². The third-order valence-corrected chi connectivity index (χ3v) is 4.58. The zero-order valence-electron chi connectivity index (χ0n) is 20.0. The van der Waals surface area contributed by atoms with Crippen molar-refractivity contribution in [3.05, 3.63) is 78.8 Å². The Kier molecular flexibility index (Phi) is 9.10. The van der Waals surface area contributed by atoms with Gasteiger partial charge < -0.3 is 20.5 Å². The number of hydrogen-bond acceptors (Lipinski definition) is 7. The predicted molar refractivity (Wildman–Crippen MR) is 134 cm³/mol. The molecule has 0 radical (unpaired) electrons. The van der Waals surface area contributed by atoms with E-state index in [-0.39, 0.29) is 5.91 Å². The second-order valence-electron chi connectivity index (χ2n) is 7.34. The van der Waals surface area contributed by atoms with Gasteiger partial charge in [-0.15, -0.1) is 0 Å². The summed E-state index contributed by atoms with van der Waals surface area (Å²) in [6.45, 7) is 1.59. The number of benzene rings is 2. The zero-order chi connectivity index (χ0) is 28.4. The fraction of sp³-hybridized carbons (Fsp3) is 0.0769. The Morgan fingerprint density at radius 2 is 1.67 bits per heavy atom. The highest BCUT2D eigenvalue weighted by atomic mass is 19.4. The van der Waals surface area contributed by atoms with Crippen LogP contribution in [0.2, 0.25) is 0 Å². The van der Waals surface area contributed by atoms with Gasteiger partial charge in [0.15, 0.2) is 0 Å². The molecule has 2 amide bonds. The molecule has 2 heterocycles. The lowest BCUT2D eigenvalue weighted by Gasteiger charge is -2.10. The molecule has 10 nitrogen and oxygen atoms in total. The van der Waals surface area contributed by atoms with Crippen molar-refractivity contribution in [3.8, 4) is 23.5 Å². The molecule has 0 spiro atoms. The highest BCUT2D eigenvalue weighted by molar-refractivity contribution is 6.05. The number of halogens is 3. The maximum Gasteiger partial charge on any atom is 0.490 e. The Morgan fingerprint density at radius 3 is 2.28 bits per heavy atom. The third kappa shape index (κ3) is 8.25. The maximum absolute atomic E-state index is 12.4. The van der Waals surface area contributed by atoms with Crippen LogP contribution in [0, 0.1) is 11.8 Å². The highest BCUT2D eigenvalue weighted by Crippen LogP contribution is 2.29. The van der Waals surface area contributed by atoms with Gasteiger partial charge in [0.25, 0.3) is 11.8 Å². The highest BCUT2D eigenvalue weighted by Gasteiger charge is 2.38. The molecule has 198 valence electrons. The lowest BCUT2D eigenvalue weighted by Crippen LogP contribution is -2.21. The number of aromatic nitrogens is 3. The quantitative estimate of drug-likeness (QED) is 0.312. The summed E-state index contributed by atoms with van der Waals surface area (Å²) in [5.74, 6) is 2.81. The van der Waals surface area contributed by atoms with Crippen LogP contribution in [-0.2, 0) is 9.59 Å². The van der Waals surface area contributed by atoms with E-state index in [9.17, 15) is 22.8 Å². The number of amides is 2. The number of hydrogen-bond donors (Lipinski definition) is 3. The predicted octanol–water partition coefficient (Wildman–Crippen LogP) is 4.66. The van der Waals surface area contributed by atoms with Gasteiger partial charge in [-0.25, -0.2) is 19.7 Å². The van der Waals surface area contributed by atoms with Crippen molar-refractivity contribution < 1.29 is 37.4 Å². The summed E-state index contributed by atoms with van der Waals surface area (Å²) < 4.78 is 37.7. The van der Waals surface area contributed by atoms with Crippen LogP contribution in [-0.4, -0.2) is 44.0 Å². The van der Waals surface area contributed by atoms with E-state index in [1.54, 1.807) is 73.8 Å².